The summed E-state index contributed by atoms with van der Waals surface area (Å²) in [6, 6.07) is 33.0. The van der Waals surface area contributed by atoms with Gasteiger partial charge in [-0.05, 0) is 35.7 Å². The maximum Gasteiger partial charge on any atom is 0.143 e. The first-order valence-corrected chi connectivity index (χ1v) is 10.3. The number of rotatable bonds is 2. The van der Waals surface area contributed by atoms with Gasteiger partial charge in [-0.3, -0.25) is 0 Å². The molecule has 0 aliphatic carbocycles. The average molecular weight is 381 g/mol. The first-order valence-electron chi connectivity index (χ1n) is 9.44. The van der Waals surface area contributed by atoms with E-state index >= 15 is 0 Å². The van der Waals surface area contributed by atoms with Gasteiger partial charge in [0.15, 0.2) is 0 Å². The van der Waals surface area contributed by atoms with E-state index < -0.39 is 5.60 Å². The highest BCUT2D eigenvalue weighted by Gasteiger charge is 2.42. The lowest BCUT2D eigenvalue weighted by Crippen LogP contribution is -2.32. The summed E-state index contributed by atoms with van der Waals surface area (Å²) in [5.74, 6) is 0. The predicted octanol–water partition coefficient (Wildman–Crippen LogP) is 6.41. The highest BCUT2D eigenvalue weighted by Crippen LogP contribution is 2.52. The molecular formula is C26H20OS. The zero-order valence-electron chi connectivity index (χ0n) is 15.6. The molecule has 136 valence electrons. The van der Waals surface area contributed by atoms with Crippen molar-refractivity contribution in [2.45, 2.75) is 22.3 Å². The molecule has 28 heavy (non-hydrogen) atoms. The van der Waals surface area contributed by atoms with Crippen LogP contribution in [-0.4, -0.2) is 5.11 Å². The standard InChI is InChI=1S/C26H20OS/c1-18-15-16-23-25(17-18)28-24-14-8-7-13-22(24)26(23,27)21-12-6-5-11-20(21)19-9-3-2-4-10-19/h2-17,27H,1H3. The van der Waals surface area contributed by atoms with Crippen molar-refractivity contribution in [2.24, 2.45) is 0 Å². The van der Waals surface area contributed by atoms with E-state index in [0.717, 1.165) is 37.6 Å². The second-order valence-corrected chi connectivity index (χ2v) is 8.30. The molecule has 1 N–H and O–H groups in total. The summed E-state index contributed by atoms with van der Waals surface area (Å²) < 4.78 is 0. The van der Waals surface area contributed by atoms with Crippen molar-refractivity contribution >= 4 is 11.8 Å². The van der Waals surface area contributed by atoms with Crippen LogP contribution in [0.4, 0.5) is 0 Å². The van der Waals surface area contributed by atoms with Gasteiger partial charge in [0.25, 0.3) is 0 Å². The Morgan fingerprint density at radius 2 is 1.29 bits per heavy atom. The van der Waals surface area contributed by atoms with Crippen LogP contribution in [0.2, 0.25) is 0 Å². The summed E-state index contributed by atoms with van der Waals surface area (Å²) in [7, 11) is 0. The molecule has 1 nitrogen and oxygen atoms in total. The molecule has 0 spiro atoms. The van der Waals surface area contributed by atoms with Crippen LogP contribution < -0.4 is 0 Å². The van der Waals surface area contributed by atoms with Gasteiger partial charge in [-0.1, -0.05) is 96.7 Å². The Bertz CT molecular complexity index is 1170. The van der Waals surface area contributed by atoms with Crippen molar-refractivity contribution in [1.82, 2.24) is 0 Å². The van der Waals surface area contributed by atoms with Gasteiger partial charge in [-0.15, -0.1) is 0 Å². The Hall–Kier alpha value is -2.81. The summed E-state index contributed by atoms with van der Waals surface area (Å²) >= 11 is 1.74. The lowest BCUT2D eigenvalue weighted by atomic mass is 9.76. The number of hydrogen-bond acceptors (Lipinski definition) is 2. The van der Waals surface area contributed by atoms with Crippen LogP contribution in [0.1, 0.15) is 22.3 Å². The minimum atomic E-state index is -1.20. The van der Waals surface area contributed by atoms with E-state index in [0.29, 0.717) is 0 Å². The van der Waals surface area contributed by atoms with Crippen molar-refractivity contribution in [2.75, 3.05) is 0 Å². The summed E-state index contributed by atoms with van der Waals surface area (Å²) in [5, 5.41) is 12.4. The van der Waals surface area contributed by atoms with E-state index in [9.17, 15) is 5.11 Å². The molecule has 1 aliphatic heterocycles. The fraction of sp³-hybridized carbons (Fsp3) is 0.0769. The average Bonchev–Trinajstić information content (AvgIpc) is 2.74. The maximum atomic E-state index is 12.4. The normalized spacial score (nSPS) is 17.6. The quantitative estimate of drug-likeness (QED) is 0.433. The number of benzene rings is 4. The molecule has 5 rings (SSSR count). The summed E-state index contributed by atoms with van der Waals surface area (Å²) in [6.07, 6.45) is 0. The minimum Gasteiger partial charge on any atom is -0.376 e. The van der Waals surface area contributed by atoms with Gasteiger partial charge in [0.2, 0.25) is 0 Å². The monoisotopic (exact) mass is 380 g/mol. The van der Waals surface area contributed by atoms with Gasteiger partial charge < -0.3 is 5.11 Å². The zero-order chi connectivity index (χ0) is 19.1. The van der Waals surface area contributed by atoms with Gasteiger partial charge in [0.1, 0.15) is 5.60 Å². The molecule has 0 radical (unpaired) electrons. The number of aryl methyl sites for hydroxylation is 1. The second kappa shape index (κ2) is 6.66. The Morgan fingerprint density at radius 1 is 0.643 bits per heavy atom. The fourth-order valence-electron chi connectivity index (χ4n) is 4.09. The lowest BCUT2D eigenvalue weighted by Gasteiger charge is -2.38. The van der Waals surface area contributed by atoms with Crippen LogP contribution in [0, 0.1) is 6.92 Å². The molecule has 1 heterocycles. The molecule has 1 atom stereocenters. The summed E-state index contributed by atoms with van der Waals surface area (Å²) in [5.41, 5.74) is 4.97. The number of hydrogen-bond donors (Lipinski definition) is 1. The molecular weight excluding hydrogens is 360 g/mol. The topological polar surface area (TPSA) is 20.2 Å². The molecule has 4 aromatic rings. The molecule has 0 aromatic heterocycles. The first-order chi connectivity index (χ1) is 13.7. The third-order valence-corrected chi connectivity index (χ3v) is 6.56. The van der Waals surface area contributed by atoms with E-state index in [2.05, 4.69) is 55.5 Å². The number of aliphatic hydroxyl groups is 1. The van der Waals surface area contributed by atoms with E-state index in [-0.39, 0.29) is 0 Å². The molecule has 2 heteroatoms. The van der Waals surface area contributed by atoms with Crippen LogP contribution in [0.25, 0.3) is 11.1 Å². The Morgan fingerprint density at radius 3 is 2.11 bits per heavy atom. The lowest BCUT2D eigenvalue weighted by molar-refractivity contribution is 0.119. The predicted molar refractivity (Wildman–Crippen MR) is 116 cm³/mol. The molecule has 0 fully saturated rings. The molecule has 1 aliphatic rings. The van der Waals surface area contributed by atoms with Crippen molar-refractivity contribution in [3.05, 3.63) is 119 Å². The molecule has 1 unspecified atom stereocenters. The van der Waals surface area contributed by atoms with E-state index in [1.54, 1.807) is 11.8 Å². The maximum absolute atomic E-state index is 12.4. The van der Waals surface area contributed by atoms with Gasteiger partial charge in [-0.25, -0.2) is 0 Å². The van der Waals surface area contributed by atoms with E-state index in [1.807, 2.05) is 48.5 Å². The SMILES string of the molecule is Cc1ccc2c(c1)Sc1ccccc1C2(O)c1ccccc1-c1ccccc1. The fourth-order valence-corrected chi connectivity index (χ4v) is 5.37. The van der Waals surface area contributed by atoms with Crippen LogP contribution in [0.15, 0.2) is 107 Å². The molecule has 0 amide bonds. The van der Waals surface area contributed by atoms with Gasteiger partial charge in [-0.2, -0.15) is 0 Å². The third kappa shape index (κ3) is 2.61. The molecule has 0 saturated heterocycles. The third-order valence-electron chi connectivity index (χ3n) is 5.43. The summed E-state index contributed by atoms with van der Waals surface area (Å²) in [4.78, 5) is 2.22. The molecule has 4 aromatic carbocycles. The van der Waals surface area contributed by atoms with Crippen LogP contribution in [-0.2, 0) is 5.60 Å². The first kappa shape index (κ1) is 17.3. The Balaban J connectivity index is 1.84. The van der Waals surface area contributed by atoms with Gasteiger partial charge >= 0.3 is 0 Å². The van der Waals surface area contributed by atoms with Gasteiger partial charge in [0, 0.05) is 26.5 Å². The van der Waals surface area contributed by atoms with Crippen molar-refractivity contribution in [3.63, 3.8) is 0 Å². The van der Waals surface area contributed by atoms with Crippen LogP contribution in [0.5, 0.6) is 0 Å². The van der Waals surface area contributed by atoms with Crippen LogP contribution >= 0.6 is 11.8 Å². The molecule has 0 saturated carbocycles. The van der Waals surface area contributed by atoms with Gasteiger partial charge in [0.05, 0.1) is 0 Å². The Labute approximate surface area is 169 Å². The minimum absolute atomic E-state index is 0.916. The highest BCUT2D eigenvalue weighted by molar-refractivity contribution is 7.99. The van der Waals surface area contributed by atoms with Crippen molar-refractivity contribution in [3.8, 4) is 11.1 Å². The van der Waals surface area contributed by atoms with Crippen molar-refractivity contribution < 1.29 is 5.11 Å². The van der Waals surface area contributed by atoms with Crippen LogP contribution in [0.3, 0.4) is 0 Å². The summed E-state index contributed by atoms with van der Waals surface area (Å²) in [6.45, 7) is 2.10. The second-order valence-electron chi connectivity index (χ2n) is 7.22. The van der Waals surface area contributed by atoms with Crippen molar-refractivity contribution in [1.29, 1.82) is 0 Å². The zero-order valence-corrected chi connectivity index (χ0v) is 16.4. The highest BCUT2D eigenvalue weighted by atomic mass is 32.2. The smallest absolute Gasteiger partial charge is 0.143 e. The van der Waals surface area contributed by atoms with E-state index in [1.165, 1.54) is 5.56 Å². The Kier molecular flexibility index (Phi) is 4.12. The largest absolute Gasteiger partial charge is 0.376 e. The number of fused-ring (bicyclic) bond motifs is 2. The van der Waals surface area contributed by atoms with E-state index in [4.69, 9.17) is 0 Å². The molecule has 0 bridgehead atoms.